The normalized spacial score (nSPS) is 17.8. The predicted molar refractivity (Wildman–Crippen MR) is 86.4 cm³/mol. The van der Waals surface area contributed by atoms with Crippen molar-refractivity contribution >= 4 is 18.3 Å². The molecule has 0 aromatic heterocycles. The third-order valence-electron chi connectivity index (χ3n) is 4.36. The zero-order chi connectivity index (χ0) is 17.6. The molecule has 1 aromatic carbocycles. The molecule has 24 heavy (non-hydrogen) atoms. The van der Waals surface area contributed by atoms with Crippen molar-refractivity contribution in [2.75, 3.05) is 13.1 Å². The number of piperidine rings is 1. The second-order valence-corrected chi connectivity index (χ2v) is 5.98. The van der Waals surface area contributed by atoms with Crippen LogP contribution < -0.4 is 5.32 Å². The first-order valence-electron chi connectivity index (χ1n) is 7.96. The molecule has 0 spiro atoms. The summed E-state index contributed by atoms with van der Waals surface area (Å²) in [6.45, 7) is 0.229. The molecule has 0 radical (unpaired) electrons. The SMILES string of the molecule is O=CCCC(NC(=O)C1(O)CCN(C(=O)O)CC1)c1ccccc1. The third kappa shape index (κ3) is 4.32. The number of hydrogen-bond acceptors (Lipinski definition) is 4. The maximum atomic E-state index is 12.5. The fourth-order valence-electron chi connectivity index (χ4n) is 2.83. The van der Waals surface area contributed by atoms with Crippen LogP contribution in [0.2, 0.25) is 0 Å². The number of nitrogens with zero attached hydrogens (tertiary/aromatic N) is 1. The minimum Gasteiger partial charge on any atom is -0.465 e. The molecule has 0 bridgehead atoms. The van der Waals surface area contributed by atoms with Crippen LogP contribution in [0.15, 0.2) is 30.3 Å². The van der Waals surface area contributed by atoms with Gasteiger partial charge in [0.05, 0.1) is 6.04 Å². The number of carbonyl (C=O) groups excluding carboxylic acids is 2. The Kier molecular flexibility index (Phi) is 5.92. The molecule has 7 nitrogen and oxygen atoms in total. The summed E-state index contributed by atoms with van der Waals surface area (Å²) in [6.07, 6.45) is 0.593. The molecule has 1 atom stereocenters. The molecule has 1 aliphatic rings. The topological polar surface area (TPSA) is 107 Å². The molecule has 0 saturated carbocycles. The summed E-state index contributed by atoms with van der Waals surface area (Å²) in [5, 5.41) is 22.3. The summed E-state index contributed by atoms with van der Waals surface area (Å²) < 4.78 is 0. The fourth-order valence-corrected chi connectivity index (χ4v) is 2.83. The molecule has 2 rings (SSSR count). The number of rotatable bonds is 6. The number of aldehydes is 1. The highest BCUT2D eigenvalue weighted by Crippen LogP contribution is 2.25. The van der Waals surface area contributed by atoms with E-state index in [0.717, 1.165) is 11.8 Å². The zero-order valence-electron chi connectivity index (χ0n) is 13.4. The number of nitrogens with one attached hydrogen (secondary N) is 1. The van der Waals surface area contributed by atoms with Gasteiger partial charge in [0.25, 0.3) is 5.91 Å². The second-order valence-electron chi connectivity index (χ2n) is 5.98. The van der Waals surface area contributed by atoms with Crippen LogP contribution in [-0.2, 0) is 9.59 Å². The van der Waals surface area contributed by atoms with Gasteiger partial charge in [0.1, 0.15) is 11.9 Å². The van der Waals surface area contributed by atoms with E-state index in [1.165, 1.54) is 4.90 Å². The van der Waals surface area contributed by atoms with E-state index in [0.29, 0.717) is 12.8 Å². The van der Waals surface area contributed by atoms with Crippen molar-refractivity contribution in [3.8, 4) is 0 Å². The van der Waals surface area contributed by atoms with Crippen LogP contribution in [0.5, 0.6) is 0 Å². The Balaban J connectivity index is 2.04. The summed E-state index contributed by atoms with van der Waals surface area (Å²) in [5.74, 6) is -0.521. The van der Waals surface area contributed by atoms with E-state index >= 15 is 0 Å². The Morgan fingerprint density at radius 2 is 1.88 bits per heavy atom. The number of benzene rings is 1. The number of carboxylic acid groups (broad SMARTS) is 1. The van der Waals surface area contributed by atoms with E-state index in [9.17, 15) is 19.5 Å². The molecule has 1 aromatic rings. The van der Waals surface area contributed by atoms with Crippen LogP contribution >= 0.6 is 0 Å². The molecule has 1 saturated heterocycles. The van der Waals surface area contributed by atoms with Crippen LogP contribution in [-0.4, -0.2) is 52.1 Å². The van der Waals surface area contributed by atoms with Gasteiger partial charge in [-0.2, -0.15) is 0 Å². The Labute approximate surface area is 140 Å². The molecule has 130 valence electrons. The predicted octanol–water partition coefficient (Wildman–Crippen LogP) is 1.33. The van der Waals surface area contributed by atoms with Gasteiger partial charge in [-0.3, -0.25) is 4.79 Å². The largest absolute Gasteiger partial charge is 0.465 e. The van der Waals surface area contributed by atoms with E-state index in [1.807, 2.05) is 30.3 Å². The monoisotopic (exact) mass is 334 g/mol. The lowest BCUT2D eigenvalue weighted by Gasteiger charge is -2.36. The Hall–Kier alpha value is -2.41. The highest BCUT2D eigenvalue weighted by atomic mass is 16.4. The zero-order valence-corrected chi connectivity index (χ0v) is 13.4. The van der Waals surface area contributed by atoms with Gasteiger partial charge in [0.2, 0.25) is 0 Å². The summed E-state index contributed by atoms with van der Waals surface area (Å²) in [6, 6.07) is 8.88. The van der Waals surface area contributed by atoms with Crippen molar-refractivity contribution in [3.05, 3.63) is 35.9 Å². The van der Waals surface area contributed by atoms with E-state index in [4.69, 9.17) is 5.11 Å². The second kappa shape index (κ2) is 7.92. The molecule has 3 N–H and O–H groups in total. The lowest BCUT2D eigenvalue weighted by Crippen LogP contribution is -2.55. The number of likely N-dealkylation sites (tertiary alicyclic amines) is 1. The summed E-state index contributed by atoms with van der Waals surface area (Å²) in [4.78, 5) is 35.3. The number of hydrogen-bond donors (Lipinski definition) is 3. The highest BCUT2D eigenvalue weighted by molar-refractivity contribution is 5.85. The van der Waals surface area contributed by atoms with Crippen molar-refractivity contribution in [2.45, 2.75) is 37.3 Å². The maximum Gasteiger partial charge on any atom is 0.407 e. The van der Waals surface area contributed by atoms with Gasteiger partial charge in [0.15, 0.2) is 0 Å². The average Bonchev–Trinajstić information content (AvgIpc) is 2.59. The first-order chi connectivity index (χ1) is 11.5. The van der Waals surface area contributed by atoms with Gasteiger partial charge in [-0.05, 0) is 12.0 Å². The van der Waals surface area contributed by atoms with Crippen LogP contribution in [0.1, 0.15) is 37.3 Å². The summed E-state index contributed by atoms with van der Waals surface area (Å²) in [5.41, 5.74) is -0.723. The first-order valence-corrected chi connectivity index (χ1v) is 7.96. The minimum absolute atomic E-state index is 0.0559. The van der Waals surface area contributed by atoms with Crippen molar-refractivity contribution in [1.29, 1.82) is 0 Å². The highest BCUT2D eigenvalue weighted by Gasteiger charge is 2.41. The molecule has 0 aliphatic carbocycles. The van der Waals surface area contributed by atoms with Gasteiger partial charge in [-0.25, -0.2) is 4.79 Å². The van der Waals surface area contributed by atoms with E-state index in [1.54, 1.807) is 0 Å². The van der Waals surface area contributed by atoms with Crippen LogP contribution in [0.4, 0.5) is 4.79 Å². The van der Waals surface area contributed by atoms with Crippen molar-refractivity contribution in [1.82, 2.24) is 10.2 Å². The molecular formula is C17H22N2O5. The van der Waals surface area contributed by atoms with Gasteiger partial charge in [-0.15, -0.1) is 0 Å². The van der Waals surface area contributed by atoms with Gasteiger partial charge < -0.3 is 25.2 Å². The van der Waals surface area contributed by atoms with Gasteiger partial charge in [0, 0.05) is 32.4 Å². The average molecular weight is 334 g/mol. The van der Waals surface area contributed by atoms with Crippen LogP contribution in [0.25, 0.3) is 0 Å². The van der Waals surface area contributed by atoms with Gasteiger partial charge in [-0.1, -0.05) is 30.3 Å². The summed E-state index contributed by atoms with van der Waals surface area (Å²) in [7, 11) is 0. The van der Waals surface area contributed by atoms with Crippen LogP contribution in [0, 0.1) is 0 Å². The number of carbonyl (C=O) groups is 3. The molecule has 1 heterocycles. The first kappa shape index (κ1) is 17.9. The van der Waals surface area contributed by atoms with E-state index < -0.39 is 17.6 Å². The van der Waals surface area contributed by atoms with E-state index in [-0.39, 0.29) is 32.0 Å². The smallest absolute Gasteiger partial charge is 0.407 e. The molecule has 1 aliphatic heterocycles. The van der Waals surface area contributed by atoms with Gasteiger partial charge >= 0.3 is 6.09 Å². The third-order valence-corrected chi connectivity index (χ3v) is 4.36. The summed E-state index contributed by atoms with van der Waals surface area (Å²) >= 11 is 0. The minimum atomic E-state index is -1.58. The Morgan fingerprint density at radius 3 is 2.42 bits per heavy atom. The maximum absolute atomic E-state index is 12.5. The lowest BCUT2D eigenvalue weighted by molar-refractivity contribution is -0.145. The number of aliphatic hydroxyl groups is 1. The molecule has 1 unspecified atom stereocenters. The molecule has 7 heteroatoms. The molecule has 1 fully saturated rings. The van der Waals surface area contributed by atoms with Crippen molar-refractivity contribution in [2.24, 2.45) is 0 Å². The van der Waals surface area contributed by atoms with Crippen molar-refractivity contribution < 1.29 is 24.6 Å². The Bertz CT molecular complexity index is 582. The fraction of sp³-hybridized carbons (Fsp3) is 0.471. The van der Waals surface area contributed by atoms with Crippen LogP contribution in [0.3, 0.4) is 0 Å². The number of amides is 2. The quantitative estimate of drug-likeness (QED) is 0.680. The van der Waals surface area contributed by atoms with Crippen molar-refractivity contribution in [3.63, 3.8) is 0 Å². The van der Waals surface area contributed by atoms with E-state index in [2.05, 4.69) is 5.32 Å². The standard InChI is InChI=1S/C17H22N2O5/c20-12-4-7-14(13-5-2-1-3-6-13)18-15(21)17(24)8-10-19(11-9-17)16(22)23/h1-3,5-6,12,14,24H,4,7-11H2,(H,18,21)(H,22,23). The Morgan fingerprint density at radius 1 is 1.25 bits per heavy atom. The lowest BCUT2D eigenvalue weighted by atomic mass is 9.89. The molecule has 2 amide bonds. The molecular weight excluding hydrogens is 312 g/mol.